The molecule has 5 nitrogen and oxygen atoms in total. The van der Waals surface area contributed by atoms with Crippen LogP contribution in [0.25, 0.3) is 10.2 Å². The topological polar surface area (TPSA) is 55.3 Å². The van der Waals surface area contributed by atoms with Gasteiger partial charge in [0.05, 0.1) is 24.0 Å². The molecular formula is C24H21F2N3O2S2. The quantitative estimate of drug-likeness (QED) is 0.212. The standard InChI is InChI=1S/C24H21F2N3O2S2/c1-31-18-7-9-19(10-8-18)32-12-4-6-22(30)29(15-17-5-2-3-11-27-17)24-28-23-20(26)13-16(25)14-21(23)33-24/h2-3,5,7-11,13-14H,4,6,12,15H2,1H3. The van der Waals surface area contributed by atoms with Crippen molar-refractivity contribution in [2.75, 3.05) is 17.8 Å². The van der Waals surface area contributed by atoms with Crippen molar-refractivity contribution in [1.29, 1.82) is 0 Å². The lowest BCUT2D eigenvalue weighted by atomic mass is 10.2. The normalized spacial score (nSPS) is 11.0. The van der Waals surface area contributed by atoms with Crippen LogP contribution in [0.3, 0.4) is 0 Å². The van der Waals surface area contributed by atoms with Crippen molar-refractivity contribution in [3.63, 3.8) is 0 Å². The predicted octanol–water partition coefficient (Wildman–Crippen LogP) is 6.08. The Hall–Kier alpha value is -3.04. The summed E-state index contributed by atoms with van der Waals surface area (Å²) in [6, 6.07) is 15.2. The van der Waals surface area contributed by atoms with E-state index in [1.165, 1.54) is 11.0 Å². The minimum atomic E-state index is -0.742. The maximum Gasteiger partial charge on any atom is 0.229 e. The molecule has 0 N–H and O–H groups in total. The molecule has 0 bridgehead atoms. The fourth-order valence-corrected chi connectivity index (χ4v) is 5.07. The van der Waals surface area contributed by atoms with Crippen LogP contribution >= 0.6 is 23.1 Å². The van der Waals surface area contributed by atoms with E-state index >= 15 is 0 Å². The highest BCUT2D eigenvalue weighted by molar-refractivity contribution is 7.99. The van der Waals surface area contributed by atoms with Crippen molar-refractivity contribution in [1.82, 2.24) is 9.97 Å². The molecule has 2 heterocycles. The number of benzene rings is 2. The van der Waals surface area contributed by atoms with E-state index in [4.69, 9.17) is 4.74 Å². The fourth-order valence-electron chi connectivity index (χ4n) is 3.20. The van der Waals surface area contributed by atoms with E-state index in [0.717, 1.165) is 33.8 Å². The number of methoxy groups -OCH3 is 1. The zero-order valence-corrected chi connectivity index (χ0v) is 19.5. The van der Waals surface area contributed by atoms with Gasteiger partial charge in [0.1, 0.15) is 17.1 Å². The zero-order valence-electron chi connectivity index (χ0n) is 17.8. The summed E-state index contributed by atoms with van der Waals surface area (Å²) in [5, 5.41) is 0.327. The molecule has 0 radical (unpaired) electrons. The molecule has 0 unspecified atom stereocenters. The summed E-state index contributed by atoms with van der Waals surface area (Å²) in [5.74, 6) is -0.000384. The second kappa shape index (κ2) is 10.7. The minimum absolute atomic E-state index is 0.0604. The van der Waals surface area contributed by atoms with Crippen LogP contribution < -0.4 is 9.64 Å². The number of halogens is 2. The van der Waals surface area contributed by atoms with Gasteiger partial charge in [-0.3, -0.25) is 14.7 Å². The Bertz CT molecular complexity index is 1230. The zero-order chi connectivity index (χ0) is 23.2. The molecule has 33 heavy (non-hydrogen) atoms. The molecule has 0 saturated heterocycles. The average molecular weight is 486 g/mol. The average Bonchev–Trinajstić information content (AvgIpc) is 3.25. The molecule has 9 heteroatoms. The third-order valence-corrected chi connectivity index (χ3v) is 6.97. The summed E-state index contributed by atoms with van der Waals surface area (Å²) in [6.45, 7) is 0.204. The lowest BCUT2D eigenvalue weighted by Gasteiger charge is -2.19. The van der Waals surface area contributed by atoms with Crippen LogP contribution in [0.5, 0.6) is 5.75 Å². The Morgan fingerprint density at radius 2 is 1.97 bits per heavy atom. The second-order valence-corrected chi connectivity index (χ2v) is 9.34. The summed E-state index contributed by atoms with van der Waals surface area (Å²) in [4.78, 5) is 24.3. The molecule has 1 amide bonds. The van der Waals surface area contributed by atoms with Gasteiger partial charge < -0.3 is 4.74 Å². The van der Waals surface area contributed by atoms with Gasteiger partial charge in [0.2, 0.25) is 5.91 Å². The highest BCUT2D eigenvalue weighted by Gasteiger charge is 2.22. The lowest BCUT2D eigenvalue weighted by Crippen LogP contribution is -2.30. The number of nitrogens with zero attached hydrogens (tertiary/aromatic N) is 3. The van der Waals surface area contributed by atoms with Gasteiger partial charge in [-0.15, -0.1) is 11.8 Å². The van der Waals surface area contributed by atoms with Crippen molar-refractivity contribution in [3.05, 3.63) is 78.1 Å². The Labute approximate surface area is 198 Å². The first-order valence-corrected chi connectivity index (χ1v) is 12.1. The third-order valence-electron chi connectivity index (χ3n) is 4.84. The molecule has 0 aliphatic rings. The molecule has 0 atom stereocenters. The van der Waals surface area contributed by atoms with Gasteiger partial charge in [-0.05, 0) is 54.6 Å². The van der Waals surface area contributed by atoms with E-state index in [1.54, 1.807) is 31.1 Å². The maximum absolute atomic E-state index is 14.2. The fraction of sp³-hybridized carbons (Fsp3) is 0.208. The van der Waals surface area contributed by atoms with Crippen LogP contribution in [-0.4, -0.2) is 28.7 Å². The van der Waals surface area contributed by atoms with E-state index in [0.29, 0.717) is 28.4 Å². The van der Waals surface area contributed by atoms with Gasteiger partial charge in [0.25, 0.3) is 0 Å². The number of hydrogen-bond acceptors (Lipinski definition) is 6. The number of rotatable bonds is 9. The third kappa shape index (κ3) is 5.85. The Kier molecular flexibility index (Phi) is 7.51. The highest BCUT2D eigenvalue weighted by atomic mass is 32.2. The number of thioether (sulfide) groups is 1. The first-order valence-electron chi connectivity index (χ1n) is 10.3. The number of carbonyl (C=O) groups excluding carboxylic acids is 1. The van der Waals surface area contributed by atoms with Crippen molar-refractivity contribution < 1.29 is 18.3 Å². The Morgan fingerprint density at radius 1 is 1.15 bits per heavy atom. The number of carbonyl (C=O) groups is 1. The second-order valence-electron chi connectivity index (χ2n) is 7.16. The smallest absolute Gasteiger partial charge is 0.229 e. The van der Waals surface area contributed by atoms with Gasteiger partial charge in [-0.25, -0.2) is 13.8 Å². The predicted molar refractivity (Wildman–Crippen MR) is 128 cm³/mol. The van der Waals surface area contributed by atoms with E-state index < -0.39 is 11.6 Å². The lowest BCUT2D eigenvalue weighted by molar-refractivity contribution is -0.118. The number of anilines is 1. The van der Waals surface area contributed by atoms with Crippen LogP contribution in [0.2, 0.25) is 0 Å². The molecule has 4 rings (SSSR count). The number of aromatic nitrogens is 2. The van der Waals surface area contributed by atoms with Gasteiger partial charge in [-0.2, -0.15) is 0 Å². The number of thiazole rings is 1. The Morgan fingerprint density at radius 3 is 2.70 bits per heavy atom. The van der Waals surface area contributed by atoms with Crippen molar-refractivity contribution in [3.8, 4) is 5.75 Å². The van der Waals surface area contributed by atoms with Crippen LogP contribution in [0.15, 0.2) is 65.7 Å². The minimum Gasteiger partial charge on any atom is -0.497 e. The van der Waals surface area contributed by atoms with Gasteiger partial charge in [0.15, 0.2) is 10.9 Å². The molecule has 0 aliphatic carbocycles. The van der Waals surface area contributed by atoms with Crippen LogP contribution in [-0.2, 0) is 11.3 Å². The van der Waals surface area contributed by atoms with Crippen LogP contribution in [0.1, 0.15) is 18.5 Å². The van der Waals surface area contributed by atoms with Crippen molar-refractivity contribution >= 4 is 44.4 Å². The summed E-state index contributed by atoms with van der Waals surface area (Å²) >= 11 is 2.75. The summed E-state index contributed by atoms with van der Waals surface area (Å²) in [7, 11) is 1.63. The Balaban J connectivity index is 1.47. The molecule has 4 aromatic rings. The molecule has 0 fully saturated rings. The number of ether oxygens (including phenoxy) is 1. The maximum atomic E-state index is 14.2. The van der Waals surface area contributed by atoms with E-state index in [1.807, 2.05) is 36.4 Å². The largest absolute Gasteiger partial charge is 0.497 e. The highest BCUT2D eigenvalue weighted by Crippen LogP contribution is 2.32. The molecule has 0 saturated carbocycles. The SMILES string of the molecule is COc1ccc(SCCCC(=O)N(Cc2ccccn2)c2nc3c(F)cc(F)cc3s2)cc1. The summed E-state index contributed by atoms with van der Waals surface area (Å²) in [5.41, 5.74) is 0.745. The first-order chi connectivity index (χ1) is 16.0. The number of fused-ring (bicyclic) bond motifs is 1. The summed E-state index contributed by atoms with van der Waals surface area (Å²) in [6.07, 6.45) is 2.60. The summed E-state index contributed by atoms with van der Waals surface area (Å²) < 4.78 is 33.4. The molecule has 0 aliphatic heterocycles. The van der Waals surface area contributed by atoms with Gasteiger partial charge >= 0.3 is 0 Å². The molecule has 170 valence electrons. The van der Waals surface area contributed by atoms with Crippen LogP contribution in [0, 0.1) is 11.6 Å². The molecule has 2 aromatic carbocycles. The molecule has 2 aromatic heterocycles. The van der Waals surface area contributed by atoms with Crippen LogP contribution in [0.4, 0.5) is 13.9 Å². The van der Waals surface area contributed by atoms with E-state index in [9.17, 15) is 13.6 Å². The molecular weight excluding hydrogens is 464 g/mol. The van der Waals surface area contributed by atoms with E-state index in [2.05, 4.69) is 9.97 Å². The van der Waals surface area contributed by atoms with Crippen molar-refractivity contribution in [2.45, 2.75) is 24.3 Å². The monoisotopic (exact) mass is 485 g/mol. The first kappa shape index (κ1) is 23.1. The van der Waals surface area contributed by atoms with Gasteiger partial charge in [0, 0.05) is 23.6 Å². The number of amides is 1. The van der Waals surface area contributed by atoms with E-state index in [-0.39, 0.29) is 18.0 Å². The van der Waals surface area contributed by atoms with Gasteiger partial charge in [-0.1, -0.05) is 17.4 Å². The van der Waals surface area contributed by atoms with Crippen molar-refractivity contribution in [2.24, 2.45) is 0 Å². The number of pyridine rings is 1. The number of hydrogen-bond donors (Lipinski definition) is 0. The molecule has 0 spiro atoms.